The number of hydrogen-bond acceptors (Lipinski definition) is 3. The normalized spacial score (nSPS) is 19.2. The second-order valence-electron chi connectivity index (χ2n) is 6.16. The van der Waals surface area contributed by atoms with Gasteiger partial charge in [-0.3, -0.25) is 0 Å². The SMILES string of the molecule is Cc1cccc(OCC(O)C2CCN(C(C)C)CC2)c1. The molecule has 1 aliphatic rings. The van der Waals surface area contributed by atoms with Crippen molar-refractivity contribution < 1.29 is 9.84 Å². The Balaban J connectivity index is 1.77. The first-order valence-electron chi connectivity index (χ1n) is 7.68. The highest BCUT2D eigenvalue weighted by Crippen LogP contribution is 2.23. The maximum absolute atomic E-state index is 10.3. The smallest absolute Gasteiger partial charge is 0.119 e. The van der Waals surface area contributed by atoms with E-state index >= 15 is 0 Å². The summed E-state index contributed by atoms with van der Waals surface area (Å²) in [5.74, 6) is 1.22. The van der Waals surface area contributed by atoms with Crippen LogP contribution >= 0.6 is 0 Å². The average Bonchev–Trinajstić information content (AvgIpc) is 2.45. The lowest BCUT2D eigenvalue weighted by atomic mass is 9.91. The van der Waals surface area contributed by atoms with E-state index in [1.807, 2.05) is 31.2 Å². The Kier molecular flexibility index (Phi) is 5.44. The fourth-order valence-corrected chi connectivity index (χ4v) is 2.84. The molecule has 1 N–H and O–H groups in total. The van der Waals surface area contributed by atoms with E-state index in [4.69, 9.17) is 4.74 Å². The Morgan fingerprint density at radius 2 is 2.00 bits per heavy atom. The third-order valence-electron chi connectivity index (χ3n) is 4.26. The number of aliphatic hydroxyl groups excluding tert-OH is 1. The van der Waals surface area contributed by atoms with E-state index in [0.29, 0.717) is 18.6 Å². The summed E-state index contributed by atoms with van der Waals surface area (Å²) in [7, 11) is 0. The molecule has 1 aromatic carbocycles. The molecule has 0 saturated carbocycles. The lowest BCUT2D eigenvalue weighted by Crippen LogP contribution is -2.42. The van der Waals surface area contributed by atoms with Gasteiger partial charge in [0.15, 0.2) is 0 Å². The molecule has 20 heavy (non-hydrogen) atoms. The molecule has 1 aliphatic heterocycles. The van der Waals surface area contributed by atoms with Gasteiger partial charge in [0.1, 0.15) is 12.4 Å². The third-order valence-corrected chi connectivity index (χ3v) is 4.26. The monoisotopic (exact) mass is 277 g/mol. The van der Waals surface area contributed by atoms with Crippen molar-refractivity contribution in [3.63, 3.8) is 0 Å². The molecule has 0 radical (unpaired) electrons. The molecule has 2 rings (SSSR count). The van der Waals surface area contributed by atoms with Crippen molar-refractivity contribution >= 4 is 0 Å². The van der Waals surface area contributed by atoms with E-state index in [2.05, 4.69) is 18.7 Å². The van der Waals surface area contributed by atoms with Crippen molar-refractivity contribution in [1.29, 1.82) is 0 Å². The number of aliphatic hydroxyl groups is 1. The Bertz CT molecular complexity index is 411. The molecular weight excluding hydrogens is 250 g/mol. The molecule has 1 unspecified atom stereocenters. The minimum Gasteiger partial charge on any atom is -0.491 e. The predicted octanol–water partition coefficient (Wildman–Crippen LogP) is 2.86. The van der Waals surface area contributed by atoms with Gasteiger partial charge in [0, 0.05) is 6.04 Å². The van der Waals surface area contributed by atoms with Crippen LogP contribution in [0.15, 0.2) is 24.3 Å². The molecule has 0 bridgehead atoms. The van der Waals surface area contributed by atoms with Crippen LogP contribution in [0, 0.1) is 12.8 Å². The number of ether oxygens (including phenoxy) is 1. The lowest BCUT2D eigenvalue weighted by Gasteiger charge is -2.36. The van der Waals surface area contributed by atoms with Gasteiger partial charge in [-0.2, -0.15) is 0 Å². The molecule has 0 spiro atoms. The van der Waals surface area contributed by atoms with E-state index in [0.717, 1.165) is 31.7 Å². The van der Waals surface area contributed by atoms with Crippen molar-refractivity contribution in [1.82, 2.24) is 4.90 Å². The fourth-order valence-electron chi connectivity index (χ4n) is 2.84. The van der Waals surface area contributed by atoms with Crippen molar-refractivity contribution in [2.75, 3.05) is 19.7 Å². The summed E-state index contributed by atoms with van der Waals surface area (Å²) in [5.41, 5.74) is 1.18. The molecule has 112 valence electrons. The van der Waals surface area contributed by atoms with Gasteiger partial charge in [-0.1, -0.05) is 12.1 Å². The highest BCUT2D eigenvalue weighted by Gasteiger charge is 2.26. The molecule has 1 fully saturated rings. The summed E-state index contributed by atoms with van der Waals surface area (Å²) in [4.78, 5) is 2.48. The lowest BCUT2D eigenvalue weighted by molar-refractivity contribution is 0.0204. The van der Waals surface area contributed by atoms with Crippen LogP contribution < -0.4 is 4.74 Å². The number of nitrogens with zero attached hydrogens (tertiary/aromatic N) is 1. The van der Waals surface area contributed by atoms with Crippen molar-refractivity contribution in [3.05, 3.63) is 29.8 Å². The summed E-state index contributed by atoms with van der Waals surface area (Å²) < 4.78 is 5.71. The maximum Gasteiger partial charge on any atom is 0.119 e. The first-order chi connectivity index (χ1) is 9.56. The van der Waals surface area contributed by atoms with Crippen LogP contribution in [0.5, 0.6) is 5.75 Å². The predicted molar refractivity (Wildman–Crippen MR) is 82.1 cm³/mol. The Hall–Kier alpha value is -1.06. The van der Waals surface area contributed by atoms with Gasteiger partial charge in [0.05, 0.1) is 6.10 Å². The van der Waals surface area contributed by atoms with Gasteiger partial charge >= 0.3 is 0 Å². The van der Waals surface area contributed by atoms with Crippen LogP contribution in [-0.4, -0.2) is 41.8 Å². The largest absolute Gasteiger partial charge is 0.491 e. The van der Waals surface area contributed by atoms with Crippen LogP contribution in [0.25, 0.3) is 0 Å². The molecule has 1 aromatic rings. The van der Waals surface area contributed by atoms with E-state index in [1.165, 1.54) is 5.56 Å². The highest BCUT2D eigenvalue weighted by molar-refractivity contribution is 5.27. The van der Waals surface area contributed by atoms with Crippen LogP contribution in [-0.2, 0) is 0 Å². The number of hydrogen-bond donors (Lipinski definition) is 1. The zero-order chi connectivity index (χ0) is 14.5. The Morgan fingerprint density at radius 1 is 1.30 bits per heavy atom. The first-order valence-corrected chi connectivity index (χ1v) is 7.68. The molecular formula is C17H27NO2. The molecule has 3 nitrogen and oxygen atoms in total. The molecule has 3 heteroatoms. The van der Waals surface area contributed by atoms with Crippen LogP contribution in [0.2, 0.25) is 0 Å². The number of likely N-dealkylation sites (tertiary alicyclic amines) is 1. The Labute approximate surface area is 122 Å². The van der Waals surface area contributed by atoms with Gasteiger partial charge < -0.3 is 14.7 Å². The molecule has 1 atom stereocenters. The summed E-state index contributed by atoms with van der Waals surface area (Å²) in [6.45, 7) is 9.09. The quantitative estimate of drug-likeness (QED) is 0.898. The van der Waals surface area contributed by atoms with Crippen LogP contribution in [0.1, 0.15) is 32.3 Å². The average molecular weight is 277 g/mol. The van der Waals surface area contributed by atoms with E-state index in [-0.39, 0.29) is 6.10 Å². The van der Waals surface area contributed by atoms with Gasteiger partial charge in [-0.15, -0.1) is 0 Å². The second-order valence-corrected chi connectivity index (χ2v) is 6.16. The summed E-state index contributed by atoms with van der Waals surface area (Å²) >= 11 is 0. The fraction of sp³-hybridized carbons (Fsp3) is 0.647. The maximum atomic E-state index is 10.3. The van der Waals surface area contributed by atoms with Crippen LogP contribution in [0.3, 0.4) is 0 Å². The van der Waals surface area contributed by atoms with E-state index in [1.54, 1.807) is 0 Å². The summed E-state index contributed by atoms with van der Waals surface area (Å²) in [6, 6.07) is 8.59. The molecule has 1 heterocycles. The zero-order valence-electron chi connectivity index (χ0n) is 12.9. The number of benzene rings is 1. The van der Waals surface area contributed by atoms with E-state index in [9.17, 15) is 5.11 Å². The first kappa shape index (κ1) is 15.3. The highest BCUT2D eigenvalue weighted by atomic mass is 16.5. The minimum atomic E-state index is -0.357. The second kappa shape index (κ2) is 7.09. The van der Waals surface area contributed by atoms with Gasteiger partial charge in [-0.05, 0) is 70.3 Å². The van der Waals surface area contributed by atoms with Crippen molar-refractivity contribution in [2.24, 2.45) is 5.92 Å². The standard InChI is InChI=1S/C17H27NO2/c1-13(2)18-9-7-15(8-10-18)17(19)12-20-16-6-4-5-14(3)11-16/h4-6,11,13,15,17,19H,7-10,12H2,1-3H3. The zero-order valence-corrected chi connectivity index (χ0v) is 12.9. The van der Waals surface area contributed by atoms with Crippen molar-refractivity contribution in [3.8, 4) is 5.75 Å². The summed E-state index contributed by atoms with van der Waals surface area (Å²) in [5, 5.41) is 10.3. The number of aryl methyl sites for hydroxylation is 1. The number of piperidine rings is 1. The third kappa shape index (κ3) is 4.22. The molecule has 1 saturated heterocycles. The van der Waals surface area contributed by atoms with Crippen LogP contribution in [0.4, 0.5) is 0 Å². The minimum absolute atomic E-state index is 0.357. The molecule has 0 aliphatic carbocycles. The number of rotatable bonds is 5. The topological polar surface area (TPSA) is 32.7 Å². The van der Waals surface area contributed by atoms with Crippen molar-refractivity contribution in [2.45, 2.75) is 45.8 Å². The molecule has 0 amide bonds. The van der Waals surface area contributed by atoms with E-state index < -0.39 is 0 Å². The Morgan fingerprint density at radius 3 is 2.60 bits per heavy atom. The molecule has 0 aromatic heterocycles. The van der Waals surface area contributed by atoms with Gasteiger partial charge in [0.25, 0.3) is 0 Å². The summed E-state index contributed by atoms with van der Waals surface area (Å²) in [6.07, 6.45) is 1.78. The van der Waals surface area contributed by atoms with Gasteiger partial charge in [-0.25, -0.2) is 0 Å². The van der Waals surface area contributed by atoms with Gasteiger partial charge in [0.2, 0.25) is 0 Å².